The van der Waals surface area contributed by atoms with Crippen LogP contribution in [0.15, 0.2) is 17.7 Å². The molecule has 0 aliphatic heterocycles. The lowest BCUT2D eigenvalue weighted by Gasteiger charge is -2.13. The summed E-state index contributed by atoms with van der Waals surface area (Å²) in [4.78, 5) is 25.5. The van der Waals surface area contributed by atoms with Gasteiger partial charge >= 0.3 is 11.9 Å². The van der Waals surface area contributed by atoms with Crippen LogP contribution < -0.4 is 9.47 Å². The molecule has 0 fully saturated rings. The molecule has 33 heavy (non-hydrogen) atoms. The summed E-state index contributed by atoms with van der Waals surface area (Å²) in [5.41, 5.74) is 0.261. The molecular weight excluding hydrogens is 424 g/mol. The van der Waals surface area contributed by atoms with Crippen molar-refractivity contribution in [1.29, 1.82) is 0 Å². The molecule has 0 radical (unpaired) electrons. The highest BCUT2D eigenvalue weighted by Gasteiger charge is 2.23. The summed E-state index contributed by atoms with van der Waals surface area (Å²) in [5.74, 6) is -1.18. The summed E-state index contributed by atoms with van der Waals surface area (Å²) >= 11 is 0. The standard InChI is InChI=1S/C26H40O7/c1-5-9-11-13-15-32-25(28)21(26(29)33-16-14-12-10-6-2)17-20-18-22(30-7-3)24(27)23(19-20)31-8-4/h17-19,27H,5-16H2,1-4H3. The molecule has 1 aromatic carbocycles. The van der Waals surface area contributed by atoms with Crippen LogP contribution in [0.2, 0.25) is 0 Å². The largest absolute Gasteiger partial charge is 0.502 e. The van der Waals surface area contributed by atoms with Crippen molar-refractivity contribution in [2.45, 2.75) is 79.1 Å². The van der Waals surface area contributed by atoms with Crippen LogP contribution in [0.1, 0.15) is 84.6 Å². The van der Waals surface area contributed by atoms with Crippen molar-refractivity contribution < 1.29 is 33.6 Å². The molecule has 0 unspecified atom stereocenters. The predicted octanol–water partition coefficient (Wildman–Crippen LogP) is 5.82. The van der Waals surface area contributed by atoms with Gasteiger partial charge in [-0.15, -0.1) is 0 Å². The molecule has 0 aliphatic carbocycles. The molecule has 0 aromatic heterocycles. The number of carbonyl (C=O) groups is 2. The average molecular weight is 465 g/mol. The van der Waals surface area contributed by atoms with Crippen molar-refractivity contribution in [2.75, 3.05) is 26.4 Å². The first-order chi connectivity index (χ1) is 16.0. The number of aromatic hydroxyl groups is 1. The minimum absolute atomic E-state index is 0.130. The lowest BCUT2D eigenvalue weighted by atomic mass is 10.1. The van der Waals surface area contributed by atoms with Gasteiger partial charge in [0.15, 0.2) is 11.5 Å². The number of phenols is 1. The SMILES string of the molecule is CCCCCCOC(=O)C(=Cc1cc(OCC)c(O)c(OCC)c1)C(=O)OCCCCCC. The second-order valence-corrected chi connectivity index (χ2v) is 7.68. The maximum Gasteiger partial charge on any atom is 0.345 e. The Morgan fingerprint density at radius 3 is 1.61 bits per heavy atom. The van der Waals surface area contributed by atoms with Crippen molar-refractivity contribution in [1.82, 2.24) is 0 Å². The second kappa shape index (κ2) is 16.9. The predicted molar refractivity (Wildman–Crippen MR) is 129 cm³/mol. The molecule has 0 amide bonds. The van der Waals surface area contributed by atoms with Gasteiger partial charge in [0.05, 0.1) is 26.4 Å². The van der Waals surface area contributed by atoms with E-state index in [1.54, 1.807) is 26.0 Å². The summed E-state index contributed by atoms with van der Waals surface area (Å²) in [5, 5.41) is 10.3. The smallest absolute Gasteiger partial charge is 0.345 e. The Hall–Kier alpha value is -2.70. The summed E-state index contributed by atoms with van der Waals surface area (Å²) in [6, 6.07) is 3.09. The van der Waals surface area contributed by atoms with Crippen LogP contribution in [0.25, 0.3) is 6.08 Å². The number of phenolic OH excluding ortho intramolecular Hbond substituents is 1. The van der Waals surface area contributed by atoms with E-state index in [9.17, 15) is 14.7 Å². The zero-order valence-electron chi connectivity index (χ0n) is 20.6. The zero-order valence-corrected chi connectivity index (χ0v) is 20.6. The molecule has 1 rings (SSSR count). The van der Waals surface area contributed by atoms with E-state index in [0.29, 0.717) is 18.8 Å². The van der Waals surface area contributed by atoms with Gasteiger partial charge < -0.3 is 24.1 Å². The minimum Gasteiger partial charge on any atom is -0.502 e. The number of hydrogen-bond donors (Lipinski definition) is 1. The van der Waals surface area contributed by atoms with Crippen LogP contribution in [0.4, 0.5) is 0 Å². The lowest BCUT2D eigenvalue weighted by Crippen LogP contribution is -2.19. The Labute approximate surface area is 198 Å². The third-order valence-electron chi connectivity index (χ3n) is 4.87. The molecule has 0 bridgehead atoms. The monoisotopic (exact) mass is 464 g/mol. The molecule has 7 heteroatoms. The topological polar surface area (TPSA) is 91.3 Å². The zero-order chi connectivity index (χ0) is 24.5. The van der Waals surface area contributed by atoms with Crippen LogP contribution in [0.3, 0.4) is 0 Å². The molecule has 0 saturated carbocycles. The van der Waals surface area contributed by atoms with Crippen molar-refractivity contribution in [3.63, 3.8) is 0 Å². The Balaban J connectivity index is 3.12. The summed E-state index contributed by atoms with van der Waals surface area (Å²) in [6.45, 7) is 8.94. The van der Waals surface area contributed by atoms with Crippen molar-refractivity contribution in [3.8, 4) is 17.2 Å². The highest BCUT2D eigenvalue weighted by atomic mass is 16.6. The molecule has 0 spiro atoms. The van der Waals surface area contributed by atoms with Gasteiger partial charge in [0.25, 0.3) is 0 Å². The fourth-order valence-electron chi connectivity index (χ4n) is 3.13. The number of esters is 2. The van der Waals surface area contributed by atoms with E-state index in [-0.39, 0.29) is 36.0 Å². The minimum atomic E-state index is -0.728. The lowest BCUT2D eigenvalue weighted by molar-refractivity contribution is -0.147. The number of hydrogen-bond acceptors (Lipinski definition) is 7. The van der Waals surface area contributed by atoms with Gasteiger partial charge in [-0.3, -0.25) is 0 Å². The Bertz CT molecular complexity index is 700. The van der Waals surface area contributed by atoms with Gasteiger partial charge in [-0.05, 0) is 50.5 Å². The first-order valence-corrected chi connectivity index (χ1v) is 12.2. The number of unbranched alkanes of at least 4 members (excludes halogenated alkanes) is 6. The summed E-state index contributed by atoms with van der Waals surface area (Å²) in [6.07, 6.45) is 9.07. The van der Waals surface area contributed by atoms with E-state index < -0.39 is 11.9 Å². The third kappa shape index (κ3) is 10.6. The van der Waals surface area contributed by atoms with E-state index in [2.05, 4.69) is 13.8 Å². The first-order valence-electron chi connectivity index (χ1n) is 12.2. The highest BCUT2D eigenvalue weighted by Crippen LogP contribution is 2.38. The molecule has 7 nitrogen and oxygen atoms in total. The van der Waals surface area contributed by atoms with E-state index in [4.69, 9.17) is 18.9 Å². The van der Waals surface area contributed by atoms with Gasteiger partial charge in [0.1, 0.15) is 5.57 Å². The highest BCUT2D eigenvalue weighted by molar-refractivity contribution is 6.17. The maximum absolute atomic E-state index is 12.7. The molecule has 1 N–H and O–H groups in total. The quantitative estimate of drug-likeness (QED) is 0.102. The van der Waals surface area contributed by atoms with Crippen LogP contribution in [0, 0.1) is 0 Å². The summed E-state index contributed by atoms with van der Waals surface area (Å²) in [7, 11) is 0. The summed E-state index contributed by atoms with van der Waals surface area (Å²) < 4.78 is 21.7. The molecule has 0 aliphatic rings. The molecular formula is C26H40O7. The Morgan fingerprint density at radius 1 is 0.758 bits per heavy atom. The number of benzene rings is 1. The third-order valence-corrected chi connectivity index (χ3v) is 4.87. The van der Waals surface area contributed by atoms with Crippen LogP contribution in [0.5, 0.6) is 17.2 Å². The average Bonchev–Trinajstić information content (AvgIpc) is 2.80. The maximum atomic E-state index is 12.7. The molecule has 1 aromatic rings. The van der Waals surface area contributed by atoms with Crippen molar-refractivity contribution >= 4 is 18.0 Å². The second-order valence-electron chi connectivity index (χ2n) is 7.68. The molecule has 0 saturated heterocycles. The number of ether oxygens (including phenoxy) is 4. The fraction of sp³-hybridized carbons (Fsp3) is 0.615. The molecule has 186 valence electrons. The normalized spacial score (nSPS) is 10.4. The Morgan fingerprint density at radius 2 is 1.21 bits per heavy atom. The van der Waals surface area contributed by atoms with Gasteiger partial charge in [0.2, 0.25) is 5.75 Å². The van der Waals surface area contributed by atoms with E-state index in [1.165, 1.54) is 6.08 Å². The molecule has 0 heterocycles. The van der Waals surface area contributed by atoms with Crippen molar-refractivity contribution in [3.05, 3.63) is 23.3 Å². The Kier molecular flexibility index (Phi) is 14.5. The number of carbonyl (C=O) groups excluding carboxylic acids is 2. The first kappa shape index (κ1) is 28.3. The van der Waals surface area contributed by atoms with Crippen molar-refractivity contribution in [2.24, 2.45) is 0 Å². The van der Waals surface area contributed by atoms with Crippen LogP contribution in [-0.4, -0.2) is 43.5 Å². The van der Waals surface area contributed by atoms with E-state index in [1.807, 2.05) is 0 Å². The van der Waals surface area contributed by atoms with Gasteiger partial charge in [0, 0.05) is 0 Å². The van der Waals surface area contributed by atoms with Gasteiger partial charge in [-0.2, -0.15) is 0 Å². The van der Waals surface area contributed by atoms with Crippen LogP contribution in [-0.2, 0) is 19.1 Å². The van der Waals surface area contributed by atoms with Gasteiger partial charge in [-0.1, -0.05) is 52.4 Å². The molecule has 0 atom stereocenters. The van der Waals surface area contributed by atoms with Crippen LogP contribution >= 0.6 is 0 Å². The fourth-order valence-corrected chi connectivity index (χ4v) is 3.13. The van der Waals surface area contributed by atoms with Gasteiger partial charge in [-0.25, -0.2) is 9.59 Å². The van der Waals surface area contributed by atoms with E-state index >= 15 is 0 Å². The van der Waals surface area contributed by atoms with E-state index in [0.717, 1.165) is 51.4 Å². The number of rotatable bonds is 17.